The number of amides is 1. The molecule has 3 aromatic rings. The first kappa shape index (κ1) is 16.3. The minimum atomic E-state index is -1.02. The number of likely N-dealkylation sites (N-methyl/N-ethyl adjacent to an activating group) is 1. The fourth-order valence-electron chi connectivity index (χ4n) is 2.88. The molecule has 0 aliphatic carbocycles. The van der Waals surface area contributed by atoms with Crippen molar-refractivity contribution in [1.29, 1.82) is 0 Å². The lowest BCUT2D eigenvalue weighted by Crippen LogP contribution is -2.34. The number of hydrogen-bond donors (Lipinski definition) is 1. The minimum Gasteiger partial charge on any atom is -0.477 e. The van der Waals surface area contributed by atoms with Gasteiger partial charge in [-0.3, -0.25) is 4.79 Å². The highest BCUT2D eigenvalue weighted by Crippen LogP contribution is 2.26. The number of aromatic nitrogens is 1. The second kappa shape index (κ2) is 6.49. The second-order valence-corrected chi connectivity index (χ2v) is 6.42. The molecule has 0 fully saturated rings. The SMILES string of the molecule is CCN(C(=O)Cn1c(C(=O)O)cc2ccsc21)c1ccccc1C. The number of thiophene rings is 1. The normalized spacial score (nSPS) is 10.9. The van der Waals surface area contributed by atoms with Crippen molar-refractivity contribution in [3.63, 3.8) is 0 Å². The average Bonchev–Trinajstić information content (AvgIpc) is 3.12. The number of carbonyl (C=O) groups is 2. The molecule has 0 spiro atoms. The van der Waals surface area contributed by atoms with Gasteiger partial charge in [0.1, 0.15) is 17.1 Å². The highest BCUT2D eigenvalue weighted by atomic mass is 32.1. The number of anilines is 1. The average molecular weight is 342 g/mol. The number of rotatable bonds is 5. The molecule has 0 saturated heterocycles. The summed E-state index contributed by atoms with van der Waals surface area (Å²) in [5.74, 6) is -1.15. The zero-order chi connectivity index (χ0) is 17.3. The van der Waals surface area contributed by atoms with Crippen LogP contribution in [0, 0.1) is 6.92 Å². The van der Waals surface area contributed by atoms with Gasteiger partial charge in [0, 0.05) is 17.6 Å². The molecule has 1 amide bonds. The van der Waals surface area contributed by atoms with Gasteiger partial charge in [0.05, 0.1) is 0 Å². The van der Waals surface area contributed by atoms with Crippen LogP contribution in [0.25, 0.3) is 10.2 Å². The number of aromatic carboxylic acids is 1. The Balaban J connectivity index is 1.97. The minimum absolute atomic E-state index is 0.00776. The van der Waals surface area contributed by atoms with Gasteiger partial charge >= 0.3 is 5.97 Å². The molecular weight excluding hydrogens is 324 g/mol. The highest BCUT2D eigenvalue weighted by molar-refractivity contribution is 7.16. The zero-order valence-electron chi connectivity index (χ0n) is 13.5. The van der Waals surface area contributed by atoms with Gasteiger partial charge in [-0.1, -0.05) is 18.2 Å². The van der Waals surface area contributed by atoms with Crippen LogP contribution in [0.1, 0.15) is 23.0 Å². The molecule has 2 heterocycles. The molecule has 0 saturated carbocycles. The monoisotopic (exact) mass is 342 g/mol. The zero-order valence-corrected chi connectivity index (χ0v) is 14.3. The quantitative estimate of drug-likeness (QED) is 0.768. The first-order chi connectivity index (χ1) is 11.5. The lowest BCUT2D eigenvalue weighted by Gasteiger charge is -2.23. The number of carboxylic acid groups (broad SMARTS) is 1. The Morgan fingerprint density at radius 1 is 1.25 bits per heavy atom. The topological polar surface area (TPSA) is 62.5 Å². The first-order valence-corrected chi connectivity index (χ1v) is 8.57. The molecule has 2 aromatic heterocycles. The molecule has 124 valence electrons. The summed E-state index contributed by atoms with van der Waals surface area (Å²) in [5.41, 5.74) is 2.02. The number of carboxylic acids is 1. The summed E-state index contributed by atoms with van der Waals surface area (Å²) in [6.07, 6.45) is 0. The maximum Gasteiger partial charge on any atom is 0.352 e. The number of benzene rings is 1. The molecule has 0 unspecified atom stereocenters. The van der Waals surface area contributed by atoms with Crippen LogP contribution in [-0.2, 0) is 11.3 Å². The van der Waals surface area contributed by atoms with Crippen LogP contribution in [-0.4, -0.2) is 28.1 Å². The lowest BCUT2D eigenvalue weighted by atomic mass is 10.2. The van der Waals surface area contributed by atoms with E-state index in [1.807, 2.05) is 49.6 Å². The Morgan fingerprint density at radius 2 is 2.00 bits per heavy atom. The lowest BCUT2D eigenvalue weighted by molar-refractivity contribution is -0.119. The number of hydrogen-bond acceptors (Lipinski definition) is 3. The van der Waals surface area contributed by atoms with Crippen molar-refractivity contribution in [3.8, 4) is 0 Å². The smallest absolute Gasteiger partial charge is 0.352 e. The van der Waals surface area contributed by atoms with Crippen LogP contribution in [0.2, 0.25) is 0 Å². The van der Waals surface area contributed by atoms with E-state index in [0.29, 0.717) is 6.54 Å². The molecule has 0 aliphatic heterocycles. The maximum atomic E-state index is 12.9. The molecule has 0 atom stereocenters. The van der Waals surface area contributed by atoms with Crippen LogP contribution in [0.15, 0.2) is 41.8 Å². The summed E-state index contributed by atoms with van der Waals surface area (Å²) in [6.45, 7) is 4.41. The molecule has 1 aromatic carbocycles. The standard InChI is InChI=1S/C18H18N2O3S/c1-3-19(14-7-5-4-6-12(14)2)16(21)11-20-15(18(22)23)10-13-8-9-24-17(13)20/h4-10H,3,11H2,1-2H3,(H,22,23). The summed E-state index contributed by atoms with van der Waals surface area (Å²) in [4.78, 5) is 26.8. The van der Waals surface area contributed by atoms with Gasteiger partial charge in [0.15, 0.2) is 0 Å². The molecule has 0 bridgehead atoms. The van der Waals surface area contributed by atoms with Gasteiger partial charge in [-0.15, -0.1) is 11.3 Å². The first-order valence-electron chi connectivity index (χ1n) is 7.69. The molecule has 1 N–H and O–H groups in total. The van der Waals surface area contributed by atoms with Crippen LogP contribution in [0.4, 0.5) is 5.69 Å². The second-order valence-electron chi connectivity index (χ2n) is 5.53. The van der Waals surface area contributed by atoms with Crippen LogP contribution >= 0.6 is 11.3 Å². The molecular formula is C18H18N2O3S. The number of carbonyl (C=O) groups excluding carboxylic acids is 1. The third kappa shape index (κ3) is 2.80. The van der Waals surface area contributed by atoms with Gasteiger partial charge < -0.3 is 14.6 Å². The van der Waals surface area contributed by atoms with Crippen molar-refractivity contribution >= 4 is 39.1 Å². The maximum absolute atomic E-state index is 12.9. The van der Waals surface area contributed by atoms with Gasteiger partial charge in [-0.05, 0) is 43.0 Å². The third-order valence-corrected chi connectivity index (χ3v) is 4.99. The van der Waals surface area contributed by atoms with E-state index < -0.39 is 5.97 Å². The fraction of sp³-hybridized carbons (Fsp3) is 0.222. The molecule has 24 heavy (non-hydrogen) atoms. The van der Waals surface area contributed by atoms with Crippen LogP contribution in [0.3, 0.4) is 0 Å². The summed E-state index contributed by atoms with van der Waals surface area (Å²) in [6, 6.07) is 11.2. The van der Waals surface area contributed by atoms with E-state index in [2.05, 4.69) is 0 Å². The van der Waals surface area contributed by atoms with Crippen molar-refractivity contribution in [2.24, 2.45) is 0 Å². The Morgan fingerprint density at radius 3 is 2.67 bits per heavy atom. The van der Waals surface area contributed by atoms with Gasteiger partial charge in [-0.2, -0.15) is 0 Å². The molecule has 6 heteroatoms. The Kier molecular flexibility index (Phi) is 4.40. The van der Waals surface area contributed by atoms with E-state index in [1.165, 1.54) is 11.3 Å². The molecule has 0 aliphatic rings. The fourth-order valence-corrected chi connectivity index (χ4v) is 3.77. The van der Waals surface area contributed by atoms with Gasteiger partial charge in [0.2, 0.25) is 5.91 Å². The predicted molar refractivity (Wildman–Crippen MR) is 96.0 cm³/mol. The van der Waals surface area contributed by atoms with Crippen molar-refractivity contribution < 1.29 is 14.7 Å². The van der Waals surface area contributed by atoms with Gasteiger partial charge in [0.25, 0.3) is 0 Å². The predicted octanol–water partition coefficient (Wildman–Crippen LogP) is 3.76. The number of para-hydroxylation sites is 1. The summed E-state index contributed by atoms with van der Waals surface area (Å²) < 4.78 is 1.59. The third-order valence-electron chi connectivity index (χ3n) is 4.04. The van der Waals surface area contributed by atoms with E-state index >= 15 is 0 Å². The summed E-state index contributed by atoms with van der Waals surface area (Å²) in [7, 11) is 0. The van der Waals surface area contributed by atoms with E-state index in [1.54, 1.807) is 15.5 Å². The number of aryl methyl sites for hydroxylation is 1. The van der Waals surface area contributed by atoms with Crippen molar-refractivity contribution in [3.05, 3.63) is 53.0 Å². The highest BCUT2D eigenvalue weighted by Gasteiger charge is 2.21. The Labute approximate surface area is 143 Å². The Hall–Kier alpha value is -2.60. The molecule has 3 rings (SSSR count). The van der Waals surface area contributed by atoms with Crippen LogP contribution < -0.4 is 4.90 Å². The van der Waals surface area contributed by atoms with Crippen LogP contribution in [0.5, 0.6) is 0 Å². The summed E-state index contributed by atoms with van der Waals surface area (Å²) >= 11 is 1.44. The van der Waals surface area contributed by atoms with Gasteiger partial charge in [-0.25, -0.2) is 4.79 Å². The van der Waals surface area contributed by atoms with E-state index in [-0.39, 0.29) is 18.1 Å². The van der Waals surface area contributed by atoms with Crippen molar-refractivity contribution in [2.45, 2.75) is 20.4 Å². The van der Waals surface area contributed by atoms with Crippen molar-refractivity contribution in [2.75, 3.05) is 11.4 Å². The molecule has 5 nitrogen and oxygen atoms in total. The molecule has 0 radical (unpaired) electrons. The van der Waals surface area contributed by atoms with E-state index in [0.717, 1.165) is 21.5 Å². The Bertz CT molecular complexity index is 910. The largest absolute Gasteiger partial charge is 0.477 e. The number of fused-ring (bicyclic) bond motifs is 1. The number of nitrogens with zero attached hydrogens (tertiary/aromatic N) is 2. The van der Waals surface area contributed by atoms with E-state index in [9.17, 15) is 14.7 Å². The van der Waals surface area contributed by atoms with Crippen molar-refractivity contribution in [1.82, 2.24) is 4.57 Å². The summed E-state index contributed by atoms with van der Waals surface area (Å²) in [5, 5.41) is 12.2. The van der Waals surface area contributed by atoms with E-state index in [4.69, 9.17) is 0 Å².